The molecule has 2 aliphatic rings. The van der Waals surface area contributed by atoms with Crippen molar-refractivity contribution in [3.63, 3.8) is 0 Å². The Balaban J connectivity index is 0.000000238. The maximum Gasteiger partial charge on any atom is 0.160 e. The average molecular weight is 449 g/mol. The second kappa shape index (κ2) is 9.35. The fraction of sp³-hybridized carbons (Fsp3) is 0.346. The van der Waals surface area contributed by atoms with Gasteiger partial charge in [-0.15, -0.1) is 0 Å². The van der Waals surface area contributed by atoms with E-state index in [1.165, 1.54) is 25.0 Å². The zero-order valence-corrected chi connectivity index (χ0v) is 18.5. The Hall–Kier alpha value is -3.19. The molecule has 0 amide bonds. The van der Waals surface area contributed by atoms with Crippen molar-refractivity contribution in [3.05, 3.63) is 77.9 Å². The number of nitrogens with zero attached hydrogens (tertiary/aromatic N) is 4. The van der Waals surface area contributed by atoms with E-state index in [9.17, 15) is 8.78 Å². The van der Waals surface area contributed by atoms with E-state index in [0.29, 0.717) is 30.0 Å². The van der Waals surface area contributed by atoms with Gasteiger partial charge in [0.05, 0.1) is 6.04 Å². The summed E-state index contributed by atoms with van der Waals surface area (Å²) in [6.45, 7) is 3.30. The van der Waals surface area contributed by atoms with Crippen molar-refractivity contribution in [3.8, 4) is 11.1 Å². The second-order valence-corrected chi connectivity index (χ2v) is 8.65. The molecule has 1 aromatic carbocycles. The van der Waals surface area contributed by atoms with Gasteiger partial charge in [0.2, 0.25) is 0 Å². The molecular weight excluding hydrogens is 422 g/mol. The Morgan fingerprint density at radius 3 is 2.45 bits per heavy atom. The van der Waals surface area contributed by atoms with Crippen molar-refractivity contribution in [2.75, 3.05) is 13.2 Å². The first kappa shape index (κ1) is 21.6. The van der Waals surface area contributed by atoms with E-state index in [2.05, 4.69) is 10.1 Å². The monoisotopic (exact) mass is 448 g/mol. The van der Waals surface area contributed by atoms with Gasteiger partial charge in [0, 0.05) is 59.9 Å². The molecule has 0 radical (unpaired) electrons. The van der Waals surface area contributed by atoms with Gasteiger partial charge in [0.25, 0.3) is 0 Å². The highest BCUT2D eigenvalue weighted by Crippen LogP contribution is 2.35. The lowest BCUT2D eigenvalue weighted by atomic mass is 9.92. The number of ether oxygens (including phenoxy) is 1. The summed E-state index contributed by atoms with van der Waals surface area (Å²) in [6, 6.07) is 12.1. The Morgan fingerprint density at radius 1 is 0.939 bits per heavy atom. The highest BCUT2D eigenvalue weighted by molar-refractivity contribution is 5.93. The van der Waals surface area contributed by atoms with Gasteiger partial charge in [-0.05, 0) is 74.6 Å². The van der Waals surface area contributed by atoms with E-state index in [1.54, 1.807) is 0 Å². The van der Waals surface area contributed by atoms with Gasteiger partial charge >= 0.3 is 0 Å². The number of aryl methyl sites for hydroxylation is 1. The summed E-state index contributed by atoms with van der Waals surface area (Å²) >= 11 is 0. The van der Waals surface area contributed by atoms with E-state index in [1.807, 2.05) is 48.3 Å². The third kappa shape index (κ3) is 4.93. The lowest BCUT2D eigenvalue weighted by Gasteiger charge is -2.22. The zero-order valence-electron chi connectivity index (χ0n) is 18.5. The number of hydrogen-bond acceptors (Lipinski definition) is 4. The SMILES string of the molecule is Cc1ccc2c(-c3ccc(F)cc3F)cc(C3CCOCC3)nc2n1.c1cnn(C2CC2)c1. The summed E-state index contributed by atoms with van der Waals surface area (Å²) in [6.07, 6.45) is 8.27. The van der Waals surface area contributed by atoms with Crippen LogP contribution in [0.3, 0.4) is 0 Å². The first-order chi connectivity index (χ1) is 16.1. The third-order valence-corrected chi connectivity index (χ3v) is 6.14. The second-order valence-electron chi connectivity index (χ2n) is 8.65. The molecule has 6 rings (SSSR count). The van der Waals surface area contributed by atoms with Gasteiger partial charge in [-0.3, -0.25) is 4.68 Å². The number of benzene rings is 1. The number of hydrogen-bond donors (Lipinski definition) is 0. The molecule has 170 valence electrons. The smallest absolute Gasteiger partial charge is 0.160 e. The van der Waals surface area contributed by atoms with E-state index < -0.39 is 11.6 Å². The van der Waals surface area contributed by atoms with Crippen LogP contribution in [0.2, 0.25) is 0 Å². The Kier molecular flexibility index (Phi) is 6.13. The molecule has 1 aliphatic heterocycles. The maximum absolute atomic E-state index is 14.4. The third-order valence-electron chi connectivity index (χ3n) is 6.14. The Morgan fingerprint density at radius 2 is 1.76 bits per heavy atom. The fourth-order valence-corrected chi connectivity index (χ4v) is 4.19. The molecule has 4 aromatic rings. The van der Waals surface area contributed by atoms with Crippen LogP contribution in [0.5, 0.6) is 0 Å². The maximum atomic E-state index is 14.4. The van der Waals surface area contributed by atoms with Crippen LogP contribution in [-0.4, -0.2) is 33.0 Å². The lowest BCUT2D eigenvalue weighted by Crippen LogP contribution is -2.15. The van der Waals surface area contributed by atoms with Crippen LogP contribution in [0.4, 0.5) is 8.78 Å². The zero-order chi connectivity index (χ0) is 22.8. The summed E-state index contributed by atoms with van der Waals surface area (Å²) in [5.41, 5.74) is 3.43. The van der Waals surface area contributed by atoms with E-state index in [4.69, 9.17) is 9.72 Å². The van der Waals surface area contributed by atoms with Gasteiger partial charge in [-0.1, -0.05) is 0 Å². The predicted octanol–water partition coefficient (Wildman–Crippen LogP) is 6.00. The normalized spacial score (nSPS) is 16.5. The van der Waals surface area contributed by atoms with Crippen LogP contribution < -0.4 is 0 Å². The van der Waals surface area contributed by atoms with Crippen LogP contribution in [0.15, 0.2) is 54.9 Å². The number of aromatic nitrogens is 4. The summed E-state index contributed by atoms with van der Waals surface area (Å²) in [4.78, 5) is 9.26. The molecule has 1 aliphatic carbocycles. The first-order valence-corrected chi connectivity index (χ1v) is 11.4. The van der Waals surface area contributed by atoms with Crippen LogP contribution in [-0.2, 0) is 4.74 Å². The minimum atomic E-state index is -0.585. The average Bonchev–Trinajstić information content (AvgIpc) is 3.53. The minimum Gasteiger partial charge on any atom is -0.381 e. The predicted molar refractivity (Wildman–Crippen MR) is 123 cm³/mol. The van der Waals surface area contributed by atoms with E-state index in [-0.39, 0.29) is 5.92 Å². The molecule has 33 heavy (non-hydrogen) atoms. The number of fused-ring (bicyclic) bond motifs is 1. The standard InChI is InChI=1S/C20H18F2N2O.C6H8N2/c1-12-2-4-16-17(15-5-3-14(21)10-18(15)22)11-19(24-20(16)23-12)13-6-8-25-9-7-13;1-4-7-8(5-1)6-2-3-6/h2-5,10-11,13H,6-9H2,1H3;1,4-6H,2-3H2. The minimum absolute atomic E-state index is 0.266. The quantitative estimate of drug-likeness (QED) is 0.386. The van der Waals surface area contributed by atoms with E-state index in [0.717, 1.165) is 41.7 Å². The highest BCUT2D eigenvalue weighted by Gasteiger charge is 2.23. The molecule has 0 N–H and O–H groups in total. The molecular formula is C26H26F2N4O. The van der Waals surface area contributed by atoms with Gasteiger partial charge in [0.1, 0.15) is 11.6 Å². The molecule has 4 heterocycles. The molecule has 5 nitrogen and oxygen atoms in total. The van der Waals surface area contributed by atoms with Gasteiger partial charge < -0.3 is 4.74 Å². The van der Waals surface area contributed by atoms with Crippen molar-refractivity contribution in [1.82, 2.24) is 19.7 Å². The van der Waals surface area contributed by atoms with Gasteiger partial charge in [-0.2, -0.15) is 5.10 Å². The molecule has 0 unspecified atom stereocenters. The lowest BCUT2D eigenvalue weighted by molar-refractivity contribution is 0.0846. The van der Waals surface area contributed by atoms with Crippen LogP contribution in [0.25, 0.3) is 22.2 Å². The van der Waals surface area contributed by atoms with Crippen LogP contribution >= 0.6 is 0 Å². The summed E-state index contributed by atoms with van der Waals surface area (Å²) in [7, 11) is 0. The van der Waals surface area contributed by atoms with Crippen molar-refractivity contribution >= 4 is 11.0 Å². The van der Waals surface area contributed by atoms with E-state index >= 15 is 0 Å². The molecule has 0 atom stereocenters. The van der Waals surface area contributed by atoms with Gasteiger partial charge in [-0.25, -0.2) is 18.7 Å². The van der Waals surface area contributed by atoms with Crippen molar-refractivity contribution in [1.29, 1.82) is 0 Å². The first-order valence-electron chi connectivity index (χ1n) is 11.4. The largest absolute Gasteiger partial charge is 0.381 e. The number of rotatable bonds is 3. The molecule has 1 saturated heterocycles. The van der Waals surface area contributed by atoms with Crippen molar-refractivity contribution in [2.24, 2.45) is 0 Å². The van der Waals surface area contributed by atoms with Crippen molar-refractivity contribution < 1.29 is 13.5 Å². The molecule has 0 bridgehead atoms. The molecule has 7 heteroatoms. The highest BCUT2D eigenvalue weighted by atomic mass is 19.1. The molecule has 0 spiro atoms. The van der Waals surface area contributed by atoms with Crippen molar-refractivity contribution in [2.45, 2.75) is 44.6 Å². The number of halogens is 2. The van der Waals surface area contributed by atoms with Crippen LogP contribution in [0.1, 0.15) is 49.0 Å². The van der Waals surface area contributed by atoms with Gasteiger partial charge in [0.15, 0.2) is 5.65 Å². The fourth-order valence-electron chi connectivity index (χ4n) is 4.19. The molecule has 3 aromatic heterocycles. The summed E-state index contributed by atoms with van der Waals surface area (Å²) in [5.74, 6) is -0.896. The Labute approximate surface area is 191 Å². The van der Waals surface area contributed by atoms with Crippen LogP contribution in [0, 0.1) is 18.6 Å². The summed E-state index contributed by atoms with van der Waals surface area (Å²) in [5, 5.41) is 4.87. The number of pyridine rings is 2. The topological polar surface area (TPSA) is 52.8 Å². The Bertz CT molecular complexity index is 1250. The summed E-state index contributed by atoms with van der Waals surface area (Å²) < 4.78 is 35.2. The molecule has 2 fully saturated rings. The molecule has 1 saturated carbocycles.